The minimum Gasteiger partial charge on any atom is -0.497 e. The number of benzene rings is 2. The predicted octanol–water partition coefficient (Wildman–Crippen LogP) is 2.48. The normalized spacial score (nSPS) is 13.9. The first-order valence-corrected chi connectivity index (χ1v) is 9.15. The molecule has 1 heterocycles. The molecule has 0 bridgehead atoms. The Morgan fingerprint density at radius 2 is 1.84 bits per heavy atom. The summed E-state index contributed by atoms with van der Waals surface area (Å²) < 4.78 is 46.4. The highest BCUT2D eigenvalue weighted by molar-refractivity contribution is 7.92. The van der Waals surface area contributed by atoms with Gasteiger partial charge in [0.1, 0.15) is 16.5 Å². The summed E-state index contributed by atoms with van der Waals surface area (Å²) in [7, 11) is -2.68. The molecular formula is C17H17FN2O4S. The summed E-state index contributed by atoms with van der Waals surface area (Å²) in [6, 6.07) is 9.53. The molecule has 0 aromatic heterocycles. The zero-order valence-electron chi connectivity index (χ0n) is 13.5. The summed E-state index contributed by atoms with van der Waals surface area (Å²) in [6.45, 7) is 1.25. The third-order valence-electron chi connectivity index (χ3n) is 3.95. The summed E-state index contributed by atoms with van der Waals surface area (Å²) in [6.07, 6.45) is 0.914. The number of halogens is 1. The molecule has 0 atom stereocenters. The van der Waals surface area contributed by atoms with Gasteiger partial charge in [-0.3, -0.25) is 9.52 Å². The second-order valence-corrected chi connectivity index (χ2v) is 7.28. The Kier molecular flexibility index (Phi) is 4.63. The number of sulfonamides is 1. The SMILES string of the molecule is COc1ccc(NS(=O)(=O)c2cc(C(=O)N3CCC3)ccc2F)cc1. The second kappa shape index (κ2) is 6.72. The van der Waals surface area contributed by atoms with E-state index in [0.29, 0.717) is 18.8 Å². The lowest BCUT2D eigenvalue weighted by Gasteiger charge is -2.31. The van der Waals surface area contributed by atoms with Crippen LogP contribution in [0.3, 0.4) is 0 Å². The minimum atomic E-state index is -4.17. The fraction of sp³-hybridized carbons (Fsp3) is 0.235. The van der Waals surface area contributed by atoms with Gasteiger partial charge in [0.25, 0.3) is 15.9 Å². The average Bonchev–Trinajstić information content (AvgIpc) is 2.53. The van der Waals surface area contributed by atoms with E-state index in [0.717, 1.165) is 18.6 Å². The van der Waals surface area contributed by atoms with Crippen LogP contribution < -0.4 is 9.46 Å². The zero-order valence-corrected chi connectivity index (χ0v) is 14.3. The summed E-state index contributed by atoms with van der Waals surface area (Å²) in [4.78, 5) is 13.2. The van der Waals surface area contributed by atoms with E-state index < -0.39 is 20.7 Å². The summed E-state index contributed by atoms with van der Waals surface area (Å²) in [5.74, 6) is -0.649. The Hall–Kier alpha value is -2.61. The highest BCUT2D eigenvalue weighted by atomic mass is 32.2. The van der Waals surface area contributed by atoms with Crippen molar-refractivity contribution in [3.63, 3.8) is 0 Å². The number of ether oxygens (including phenoxy) is 1. The average molecular weight is 364 g/mol. The molecular weight excluding hydrogens is 347 g/mol. The number of nitrogens with one attached hydrogen (secondary N) is 1. The quantitative estimate of drug-likeness (QED) is 0.884. The number of carbonyl (C=O) groups excluding carboxylic acids is 1. The summed E-state index contributed by atoms with van der Waals surface area (Å²) in [5.41, 5.74) is 0.413. The lowest BCUT2D eigenvalue weighted by atomic mass is 10.1. The van der Waals surface area contributed by atoms with Crippen molar-refractivity contribution in [1.29, 1.82) is 0 Å². The molecule has 132 valence electrons. The van der Waals surface area contributed by atoms with Gasteiger partial charge in [-0.25, -0.2) is 12.8 Å². The van der Waals surface area contributed by atoms with Gasteiger partial charge in [0.05, 0.1) is 7.11 Å². The van der Waals surface area contributed by atoms with Crippen molar-refractivity contribution < 1.29 is 22.3 Å². The van der Waals surface area contributed by atoms with Crippen molar-refractivity contribution in [3.8, 4) is 5.75 Å². The third-order valence-corrected chi connectivity index (χ3v) is 5.35. The molecule has 0 unspecified atom stereocenters. The van der Waals surface area contributed by atoms with Gasteiger partial charge < -0.3 is 9.64 Å². The van der Waals surface area contributed by atoms with Crippen molar-refractivity contribution in [1.82, 2.24) is 4.90 Å². The van der Waals surface area contributed by atoms with Crippen LogP contribution in [0.2, 0.25) is 0 Å². The Morgan fingerprint density at radius 3 is 2.40 bits per heavy atom. The lowest BCUT2D eigenvalue weighted by Crippen LogP contribution is -2.42. The highest BCUT2D eigenvalue weighted by Crippen LogP contribution is 2.23. The van der Waals surface area contributed by atoms with Crippen LogP contribution >= 0.6 is 0 Å². The van der Waals surface area contributed by atoms with Gasteiger partial charge in [-0.05, 0) is 48.9 Å². The Morgan fingerprint density at radius 1 is 1.16 bits per heavy atom. The van der Waals surface area contributed by atoms with E-state index in [2.05, 4.69) is 4.72 Å². The zero-order chi connectivity index (χ0) is 18.0. The molecule has 0 radical (unpaired) electrons. The lowest BCUT2D eigenvalue weighted by molar-refractivity contribution is 0.0651. The Labute approximate surface area is 145 Å². The molecule has 25 heavy (non-hydrogen) atoms. The molecule has 6 nitrogen and oxygen atoms in total. The van der Waals surface area contributed by atoms with Crippen LogP contribution in [-0.2, 0) is 10.0 Å². The molecule has 2 aromatic rings. The number of anilines is 1. The molecule has 8 heteroatoms. The first-order valence-electron chi connectivity index (χ1n) is 7.66. The van der Waals surface area contributed by atoms with Gasteiger partial charge in [-0.15, -0.1) is 0 Å². The van der Waals surface area contributed by atoms with Crippen LogP contribution in [0.25, 0.3) is 0 Å². The Bertz CT molecular complexity index is 893. The minimum absolute atomic E-state index is 0.149. The van der Waals surface area contributed by atoms with Crippen LogP contribution in [0.4, 0.5) is 10.1 Å². The first kappa shape index (κ1) is 17.2. The molecule has 0 saturated carbocycles. The molecule has 0 spiro atoms. The van der Waals surface area contributed by atoms with Gasteiger partial charge >= 0.3 is 0 Å². The smallest absolute Gasteiger partial charge is 0.264 e. The highest BCUT2D eigenvalue weighted by Gasteiger charge is 2.25. The maximum Gasteiger partial charge on any atom is 0.264 e. The van der Waals surface area contributed by atoms with Crippen molar-refractivity contribution in [2.24, 2.45) is 0 Å². The standard InChI is InChI=1S/C17H17FN2O4S/c1-24-14-6-4-13(5-7-14)19-25(22,23)16-11-12(3-8-15(16)18)17(21)20-9-2-10-20/h3-8,11,19H,2,9-10H2,1H3. The van der Waals surface area contributed by atoms with Gasteiger partial charge in [0.2, 0.25) is 0 Å². The molecule has 1 amide bonds. The molecule has 1 saturated heterocycles. The topological polar surface area (TPSA) is 75.7 Å². The largest absolute Gasteiger partial charge is 0.497 e. The number of hydrogen-bond donors (Lipinski definition) is 1. The number of methoxy groups -OCH3 is 1. The number of hydrogen-bond acceptors (Lipinski definition) is 4. The van der Waals surface area contributed by atoms with E-state index in [9.17, 15) is 17.6 Å². The van der Waals surface area contributed by atoms with Gasteiger partial charge in [0, 0.05) is 24.3 Å². The van der Waals surface area contributed by atoms with Crippen molar-refractivity contribution in [2.75, 3.05) is 24.9 Å². The van der Waals surface area contributed by atoms with Crippen LogP contribution in [-0.4, -0.2) is 39.4 Å². The van der Waals surface area contributed by atoms with E-state index in [1.165, 1.54) is 25.3 Å². The number of nitrogens with zero attached hydrogens (tertiary/aromatic N) is 1. The van der Waals surface area contributed by atoms with E-state index in [4.69, 9.17) is 4.74 Å². The molecule has 1 fully saturated rings. The van der Waals surface area contributed by atoms with E-state index >= 15 is 0 Å². The maximum atomic E-state index is 14.1. The number of rotatable bonds is 5. The van der Waals surface area contributed by atoms with Crippen molar-refractivity contribution in [3.05, 3.63) is 53.8 Å². The van der Waals surface area contributed by atoms with Crippen molar-refractivity contribution in [2.45, 2.75) is 11.3 Å². The molecule has 0 aliphatic carbocycles. The maximum absolute atomic E-state index is 14.1. The van der Waals surface area contributed by atoms with Gasteiger partial charge in [-0.1, -0.05) is 0 Å². The third kappa shape index (κ3) is 3.58. The molecule has 1 aliphatic rings. The Balaban J connectivity index is 1.88. The fourth-order valence-corrected chi connectivity index (χ4v) is 3.58. The van der Waals surface area contributed by atoms with Crippen LogP contribution in [0.5, 0.6) is 5.75 Å². The van der Waals surface area contributed by atoms with Crippen LogP contribution in [0.1, 0.15) is 16.8 Å². The summed E-state index contributed by atoms with van der Waals surface area (Å²) in [5, 5.41) is 0. The molecule has 3 rings (SSSR count). The van der Waals surface area contributed by atoms with E-state index in [1.54, 1.807) is 17.0 Å². The van der Waals surface area contributed by atoms with Crippen LogP contribution in [0.15, 0.2) is 47.4 Å². The van der Waals surface area contributed by atoms with Gasteiger partial charge in [-0.2, -0.15) is 0 Å². The fourth-order valence-electron chi connectivity index (χ4n) is 2.41. The second-order valence-electron chi connectivity index (χ2n) is 5.62. The number of amides is 1. The predicted molar refractivity (Wildman–Crippen MR) is 90.7 cm³/mol. The number of likely N-dealkylation sites (tertiary alicyclic amines) is 1. The molecule has 1 aliphatic heterocycles. The van der Waals surface area contributed by atoms with Crippen LogP contribution in [0, 0.1) is 5.82 Å². The number of carbonyl (C=O) groups is 1. The molecule has 1 N–H and O–H groups in total. The van der Waals surface area contributed by atoms with Gasteiger partial charge in [0.15, 0.2) is 0 Å². The first-order chi connectivity index (χ1) is 11.9. The molecule has 2 aromatic carbocycles. The van der Waals surface area contributed by atoms with E-state index in [1.807, 2.05) is 0 Å². The van der Waals surface area contributed by atoms with Crippen molar-refractivity contribution >= 4 is 21.6 Å². The monoisotopic (exact) mass is 364 g/mol. The van der Waals surface area contributed by atoms with E-state index in [-0.39, 0.29) is 17.2 Å². The summed E-state index contributed by atoms with van der Waals surface area (Å²) >= 11 is 0.